The molecule has 0 aliphatic heterocycles. The zero-order valence-electron chi connectivity index (χ0n) is 8.86. The van der Waals surface area contributed by atoms with Gasteiger partial charge in [0, 0.05) is 0 Å². The number of hydrogen-bond acceptors (Lipinski definition) is 4. The fourth-order valence-electron chi connectivity index (χ4n) is 1.91. The van der Waals surface area contributed by atoms with Crippen LogP contribution in [0.25, 0.3) is 0 Å². The van der Waals surface area contributed by atoms with Crippen molar-refractivity contribution in [2.24, 2.45) is 10.8 Å². The summed E-state index contributed by atoms with van der Waals surface area (Å²) in [6.45, 7) is 1.98. The molecule has 1 saturated carbocycles. The van der Waals surface area contributed by atoms with Gasteiger partial charge in [0.25, 0.3) is 0 Å². The lowest BCUT2D eigenvalue weighted by Gasteiger charge is -2.08. The number of aromatic nitrogens is 1. The van der Waals surface area contributed by atoms with E-state index in [0.29, 0.717) is 6.04 Å². The van der Waals surface area contributed by atoms with Gasteiger partial charge in [0.1, 0.15) is 0 Å². The van der Waals surface area contributed by atoms with E-state index in [4.69, 9.17) is 5.84 Å². The maximum absolute atomic E-state index is 5.51. The Morgan fingerprint density at radius 2 is 2.33 bits per heavy atom. The molecule has 1 heterocycles. The van der Waals surface area contributed by atoms with Crippen LogP contribution >= 0.6 is 11.3 Å². The van der Waals surface area contributed by atoms with Crippen LogP contribution in [-0.4, -0.2) is 16.9 Å². The summed E-state index contributed by atoms with van der Waals surface area (Å²) >= 11 is 1.58. The summed E-state index contributed by atoms with van der Waals surface area (Å²) in [5, 5.41) is 0. The third-order valence-electron chi connectivity index (χ3n) is 2.73. The Bertz CT molecular complexity index is 352. The average Bonchev–Trinajstić information content (AvgIpc) is 2.85. The van der Waals surface area contributed by atoms with Gasteiger partial charge in [0.15, 0.2) is 5.84 Å². The van der Waals surface area contributed by atoms with Crippen LogP contribution in [-0.2, 0) is 0 Å². The van der Waals surface area contributed by atoms with Gasteiger partial charge in [-0.05, 0) is 19.8 Å². The summed E-state index contributed by atoms with van der Waals surface area (Å²) < 4.78 is 0. The van der Waals surface area contributed by atoms with Crippen LogP contribution in [0.5, 0.6) is 0 Å². The zero-order chi connectivity index (χ0) is 10.7. The molecule has 1 aromatic rings. The van der Waals surface area contributed by atoms with E-state index in [1.165, 1.54) is 25.7 Å². The Labute approximate surface area is 93.6 Å². The van der Waals surface area contributed by atoms with E-state index in [9.17, 15) is 0 Å². The van der Waals surface area contributed by atoms with Crippen LogP contribution in [0.15, 0.2) is 10.5 Å². The highest BCUT2D eigenvalue weighted by Crippen LogP contribution is 2.22. The molecule has 0 radical (unpaired) electrons. The van der Waals surface area contributed by atoms with Gasteiger partial charge in [-0.15, -0.1) is 11.3 Å². The van der Waals surface area contributed by atoms with Crippen molar-refractivity contribution in [3.05, 3.63) is 16.1 Å². The van der Waals surface area contributed by atoms with E-state index in [1.807, 2.05) is 12.4 Å². The Balaban J connectivity index is 2.19. The molecular weight excluding hydrogens is 208 g/mol. The van der Waals surface area contributed by atoms with Crippen molar-refractivity contribution in [1.82, 2.24) is 10.4 Å². The first-order valence-electron chi connectivity index (χ1n) is 5.26. The van der Waals surface area contributed by atoms with Crippen LogP contribution in [0.3, 0.4) is 0 Å². The van der Waals surface area contributed by atoms with Gasteiger partial charge < -0.3 is 5.43 Å². The first-order valence-corrected chi connectivity index (χ1v) is 6.14. The minimum absolute atomic E-state index is 0.442. The maximum atomic E-state index is 5.51. The number of nitrogens with one attached hydrogen (secondary N) is 1. The number of aliphatic imine (C=N–C) groups is 1. The standard InChI is InChI=1S/C10H16N4S/c1-7-9(15-6-12-7)10(14-11)13-8-4-2-3-5-8/h6,8H,2-5,11H2,1H3,(H,13,14). The van der Waals surface area contributed by atoms with Crippen LogP contribution in [0, 0.1) is 6.92 Å². The van der Waals surface area contributed by atoms with Gasteiger partial charge in [-0.25, -0.2) is 10.8 Å². The Hall–Kier alpha value is -0.940. The Morgan fingerprint density at radius 1 is 1.60 bits per heavy atom. The highest BCUT2D eigenvalue weighted by Gasteiger charge is 2.16. The monoisotopic (exact) mass is 224 g/mol. The smallest absolute Gasteiger partial charge is 0.154 e. The minimum Gasteiger partial charge on any atom is -0.308 e. The summed E-state index contributed by atoms with van der Waals surface area (Å²) in [5.74, 6) is 6.30. The van der Waals surface area contributed by atoms with Gasteiger partial charge in [0.05, 0.1) is 22.1 Å². The number of rotatable bonds is 2. The number of aryl methyl sites for hydroxylation is 1. The second-order valence-corrected chi connectivity index (χ2v) is 4.68. The van der Waals surface area contributed by atoms with E-state index >= 15 is 0 Å². The molecule has 2 rings (SSSR count). The molecule has 0 spiro atoms. The van der Waals surface area contributed by atoms with E-state index < -0.39 is 0 Å². The summed E-state index contributed by atoms with van der Waals surface area (Å²) in [6.07, 6.45) is 4.94. The molecule has 0 atom stereocenters. The molecule has 1 fully saturated rings. The summed E-state index contributed by atoms with van der Waals surface area (Å²) in [7, 11) is 0. The first-order chi connectivity index (χ1) is 7.31. The SMILES string of the molecule is Cc1ncsc1C(=NC1CCCC1)NN. The maximum Gasteiger partial charge on any atom is 0.154 e. The topological polar surface area (TPSA) is 63.3 Å². The fourth-order valence-corrected chi connectivity index (χ4v) is 2.67. The van der Waals surface area contributed by atoms with Crippen LogP contribution in [0.1, 0.15) is 36.3 Å². The van der Waals surface area contributed by atoms with Crippen LogP contribution in [0.2, 0.25) is 0 Å². The number of hydrogen-bond donors (Lipinski definition) is 2. The molecular formula is C10H16N4S. The van der Waals surface area contributed by atoms with Crippen molar-refractivity contribution in [2.45, 2.75) is 38.6 Å². The predicted octanol–water partition coefficient (Wildman–Crippen LogP) is 1.60. The quantitative estimate of drug-likeness (QED) is 0.347. The number of hydrazine groups is 1. The molecule has 0 bridgehead atoms. The summed E-state index contributed by atoms with van der Waals surface area (Å²) in [4.78, 5) is 9.91. The number of nitrogens with two attached hydrogens (primary N) is 1. The van der Waals surface area contributed by atoms with Crippen LogP contribution < -0.4 is 11.3 Å². The molecule has 1 aliphatic rings. The Morgan fingerprint density at radius 3 is 2.87 bits per heavy atom. The molecule has 5 heteroatoms. The normalized spacial score (nSPS) is 18.4. The van der Waals surface area contributed by atoms with Gasteiger partial charge in [0.2, 0.25) is 0 Å². The number of nitrogens with zero attached hydrogens (tertiary/aromatic N) is 2. The van der Waals surface area contributed by atoms with E-state index in [2.05, 4.69) is 15.4 Å². The third kappa shape index (κ3) is 2.35. The molecule has 1 aromatic heterocycles. The molecule has 82 valence electrons. The zero-order valence-corrected chi connectivity index (χ0v) is 9.68. The van der Waals surface area contributed by atoms with Crippen LogP contribution in [0.4, 0.5) is 0 Å². The lowest BCUT2D eigenvalue weighted by atomic mass is 10.2. The minimum atomic E-state index is 0.442. The first kappa shape index (κ1) is 10.6. The molecule has 15 heavy (non-hydrogen) atoms. The van der Waals surface area contributed by atoms with Crippen molar-refractivity contribution in [1.29, 1.82) is 0 Å². The van der Waals surface area contributed by atoms with Crippen molar-refractivity contribution in [3.8, 4) is 0 Å². The lowest BCUT2D eigenvalue weighted by molar-refractivity contribution is 0.701. The molecule has 0 saturated heterocycles. The Kier molecular flexibility index (Phi) is 3.33. The van der Waals surface area contributed by atoms with Crippen molar-refractivity contribution < 1.29 is 0 Å². The number of thiazole rings is 1. The predicted molar refractivity (Wildman–Crippen MR) is 63.0 cm³/mol. The molecule has 1 aliphatic carbocycles. The van der Waals surface area contributed by atoms with E-state index in [-0.39, 0.29) is 0 Å². The van der Waals surface area contributed by atoms with Crippen molar-refractivity contribution in [3.63, 3.8) is 0 Å². The summed E-state index contributed by atoms with van der Waals surface area (Å²) in [6, 6.07) is 0.442. The van der Waals surface area contributed by atoms with Gasteiger partial charge >= 0.3 is 0 Å². The second kappa shape index (κ2) is 4.72. The molecule has 0 unspecified atom stereocenters. The van der Waals surface area contributed by atoms with Crippen molar-refractivity contribution in [2.75, 3.05) is 0 Å². The largest absolute Gasteiger partial charge is 0.308 e. The highest BCUT2D eigenvalue weighted by molar-refractivity contribution is 7.12. The lowest BCUT2D eigenvalue weighted by Crippen LogP contribution is -2.32. The second-order valence-electron chi connectivity index (χ2n) is 3.83. The van der Waals surface area contributed by atoms with Crippen molar-refractivity contribution >= 4 is 17.2 Å². The molecule has 0 amide bonds. The van der Waals surface area contributed by atoms with Gasteiger partial charge in [-0.1, -0.05) is 12.8 Å². The van der Waals surface area contributed by atoms with E-state index in [0.717, 1.165) is 16.4 Å². The molecule has 4 nitrogen and oxygen atoms in total. The van der Waals surface area contributed by atoms with Gasteiger partial charge in [-0.2, -0.15) is 0 Å². The fraction of sp³-hybridized carbons (Fsp3) is 0.600. The van der Waals surface area contributed by atoms with Gasteiger partial charge in [-0.3, -0.25) is 4.99 Å². The molecule has 0 aromatic carbocycles. The average molecular weight is 224 g/mol. The molecule has 3 N–H and O–H groups in total. The number of amidine groups is 1. The highest BCUT2D eigenvalue weighted by atomic mass is 32.1. The van der Waals surface area contributed by atoms with E-state index in [1.54, 1.807) is 11.3 Å². The third-order valence-corrected chi connectivity index (χ3v) is 3.67. The summed E-state index contributed by atoms with van der Waals surface area (Å²) in [5.41, 5.74) is 5.51.